The van der Waals surface area contributed by atoms with Crippen LogP contribution in [0.15, 0.2) is 30.3 Å². The molecule has 1 aromatic carbocycles. The highest BCUT2D eigenvalue weighted by molar-refractivity contribution is 5.82. The first-order chi connectivity index (χ1) is 10.6. The highest BCUT2D eigenvalue weighted by atomic mass is 16.3. The molecule has 0 amide bonds. The van der Waals surface area contributed by atoms with Crippen LogP contribution in [0.4, 0.5) is 0 Å². The summed E-state index contributed by atoms with van der Waals surface area (Å²) >= 11 is 0. The first kappa shape index (κ1) is 13.1. The van der Waals surface area contributed by atoms with Crippen molar-refractivity contribution in [1.82, 2.24) is 4.98 Å². The van der Waals surface area contributed by atoms with E-state index in [0.717, 1.165) is 24.8 Å². The van der Waals surface area contributed by atoms with Crippen LogP contribution in [0.1, 0.15) is 49.8 Å². The molecule has 2 aromatic rings. The molecule has 4 fully saturated rings. The molecule has 0 spiro atoms. The van der Waals surface area contributed by atoms with Crippen LogP contribution < -0.4 is 0 Å². The Bertz CT molecular complexity index is 751. The molecule has 0 radical (unpaired) electrons. The van der Waals surface area contributed by atoms with Gasteiger partial charge in [0.25, 0.3) is 0 Å². The summed E-state index contributed by atoms with van der Waals surface area (Å²) in [6, 6.07) is 10.8. The minimum Gasteiger partial charge on any atom is -0.390 e. The van der Waals surface area contributed by atoms with Gasteiger partial charge >= 0.3 is 0 Å². The molecule has 114 valence electrons. The summed E-state index contributed by atoms with van der Waals surface area (Å²) in [6.45, 7) is 2.20. The van der Waals surface area contributed by atoms with Gasteiger partial charge in [0, 0.05) is 16.5 Å². The minimum absolute atomic E-state index is 0.133. The van der Waals surface area contributed by atoms with E-state index >= 15 is 0 Å². The number of benzene rings is 1. The molecule has 0 saturated heterocycles. The highest BCUT2D eigenvalue weighted by Crippen LogP contribution is 2.62. The molecule has 4 aliphatic carbocycles. The number of nitrogens with zero attached hydrogens (tertiary/aromatic N) is 1. The molecule has 4 aliphatic rings. The lowest BCUT2D eigenvalue weighted by Crippen LogP contribution is -2.57. The lowest BCUT2D eigenvalue weighted by Gasteiger charge is -2.60. The Morgan fingerprint density at radius 1 is 1.09 bits per heavy atom. The molecule has 0 aliphatic heterocycles. The quantitative estimate of drug-likeness (QED) is 0.857. The standard InChI is InChI=1S/C20H23NO/c1-13-6-18(21-17-5-3-2-4-16(13)17)19-8-14-7-15(9-19)11-20(22,10-14)12-19/h2-6,14-15,22H,7-12H2,1H3. The van der Waals surface area contributed by atoms with Gasteiger partial charge in [0.1, 0.15) is 0 Å². The topological polar surface area (TPSA) is 33.1 Å². The second kappa shape index (κ2) is 4.11. The van der Waals surface area contributed by atoms with E-state index in [1.165, 1.54) is 35.9 Å². The molecule has 2 unspecified atom stereocenters. The van der Waals surface area contributed by atoms with Crippen LogP contribution in [0.25, 0.3) is 10.9 Å². The predicted octanol–water partition coefficient (Wildman–Crippen LogP) is 4.13. The molecular weight excluding hydrogens is 270 g/mol. The average Bonchev–Trinajstić information content (AvgIpc) is 2.44. The highest BCUT2D eigenvalue weighted by Gasteiger charge is 2.58. The summed E-state index contributed by atoms with van der Waals surface area (Å²) in [4.78, 5) is 5.05. The summed E-state index contributed by atoms with van der Waals surface area (Å²) in [5.41, 5.74) is 3.40. The van der Waals surface area contributed by atoms with E-state index in [0.29, 0.717) is 11.8 Å². The van der Waals surface area contributed by atoms with E-state index in [9.17, 15) is 5.11 Å². The van der Waals surface area contributed by atoms with Crippen LogP contribution >= 0.6 is 0 Å². The monoisotopic (exact) mass is 293 g/mol. The van der Waals surface area contributed by atoms with Gasteiger partial charge in [0.05, 0.1) is 11.1 Å². The van der Waals surface area contributed by atoms with Crippen LogP contribution in [0.2, 0.25) is 0 Å². The van der Waals surface area contributed by atoms with Crippen molar-refractivity contribution in [1.29, 1.82) is 0 Å². The molecular formula is C20H23NO. The fraction of sp³-hybridized carbons (Fsp3) is 0.550. The Labute approximate surface area is 131 Å². The van der Waals surface area contributed by atoms with Gasteiger partial charge in [-0.15, -0.1) is 0 Å². The Kier molecular flexibility index (Phi) is 2.44. The maximum atomic E-state index is 11.0. The molecule has 2 atom stereocenters. The number of aliphatic hydroxyl groups is 1. The van der Waals surface area contributed by atoms with Crippen molar-refractivity contribution < 1.29 is 5.11 Å². The van der Waals surface area contributed by atoms with E-state index < -0.39 is 5.60 Å². The second-order valence-corrected chi connectivity index (χ2v) is 8.31. The van der Waals surface area contributed by atoms with Crippen molar-refractivity contribution >= 4 is 10.9 Å². The van der Waals surface area contributed by atoms with Gasteiger partial charge in [0.2, 0.25) is 0 Å². The van der Waals surface area contributed by atoms with Crippen molar-refractivity contribution in [3.8, 4) is 0 Å². The minimum atomic E-state index is -0.411. The predicted molar refractivity (Wildman–Crippen MR) is 87.8 cm³/mol. The average molecular weight is 293 g/mol. The SMILES string of the molecule is Cc1cc(C23CC4CC(CC(O)(C4)C2)C3)nc2ccccc12. The third-order valence-electron chi connectivity index (χ3n) is 6.50. The Balaban J connectivity index is 1.68. The molecule has 1 heterocycles. The van der Waals surface area contributed by atoms with Gasteiger partial charge in [-0.3, -0.25) is 4.98 Å². The van der Waals surface area contributed by atoms with Crippen molar-refractivity contribution in [2.45, 2.75) is 56.5 Å². The van der Waals surface area contributed by atoms with Gasteiger partial charge in [-0.1, -0.05) is 18.2 Å². The van der Waals surface area contributed by atoms with Crippen molar-refractivity contribution in [3.63, 3.8) is 0 Å². The summed E-state index contributed by atoms with van der Waals surface area (Å²) < 4.78 is 0. The number of aryl methyl sites for hydroxylation is 1. The van der Waals surface area contributed by atoms with Crippen LogP contribution in [-0.2, 0) is 5.41 Å². The van der Waals surface area contributed by atoms with E-state index in [1.54, 1.807) is 0 Å². The van der Waals surface area contributed by atoms with Crippen molar-refractivity contribution in [2.75, 3.05) is 0 Å². The Morgan fingerprint density at radius 3 is 2.55 bits per heavy atom. The van der Waals surface area contributed by atoms with Gasteiger partial charge in [0.15, 0.2) is 0 Å². The first-order valence-electron chi connectivity index (χ1n) is 8.65. The van der Waals surface area contributed by atoms with E-state index in [-0.39, 0.29) is 5.41 Å². The third kappa shape index (κ3) is 1.73. The van der Waals surface area contributed by atoms with Crippen LogP contribution in [-0.4, -0.2) is 15.7 Å². The molecule has 4 saturated carbocycles. The third-order valence-corrected chi connectivity index (χ3v) is 6.50. The fourth-order valence-corrected chi connectivity index (χ4v) is 6.14. The zero-order chi connectivity index (χ0) is 14.9. The molecule has 2 nitrogen and oxygen atoms in total. The van der Waals surface area contributed by atoms with Gasteiger partial charge in [-0.2, -0.15) is 0 Å². The lowest BCUT2D eigenvalue weighted by atomic mass is 9.47. The normalized spacial score (nSPS) is 39.5. The number of hydrogen-bond donors (Lipinski definition) is 1. The zero-order valence-corrected chi connectivity index (χ0v) is 13.2. The van der Waals surface area contributed by atoms with E-state index in [2.05, 4.69) is 37.3 Å². The summed E-state index contributed by atoms with van der Waals surface area (Å²) in [6.07, 6.45) is 6.78. The summed E-state index contributed by atoms with van der Waals surface area (Å²) in [7, 11) is 0. The zero-order valence-electron chi connectivity index (χ0n) is 13.2. The molecule has 22 heavy (non-hydrogen) atoms. The molecule has 1 N–H and O–H groups in total. The van der Waals surface area contributed by atoms with Gasteiger partial charge in [-0.05, 0) is 75.0 Å². The Morgan fingerprint density at radius 2 is 1.82 bits per heavy atom. The fourth-order valence-electron chi connectivity index (χ4n) is 6.14. The van der Waals surface area contributed by atoms with E-state index in [1.807, 2.05) is 0 Å². The number of pyridine rings is 1. The molecule has 4 bridgehead atoms. The summed E-state index contributed by atoms with van der Waals surface area (Å²) in [5, 5.41) is 12.2. The van der Waals surface area contributed by atoms with Crippen molar-refractivity contribution in [2.24, 2.45) is 11.8 Å². The molecule has 2 heteroatoms. The van der Waals surface area contributed by atoms with Crippen molar-refractivity contribution in [3.05, 3.63) is 41.6 Å². The maximum Gasteiger partial charge on any atom is 0.0708 e. The molecule has 1 aromatic heterocycles. The Hall–Kier alpha value is -1.41. The molecule has 6 rings (SSSR count). The number of hydrogen-bond acceptors (Lipinski definition) is 2. The smallest absolute Gasteiger partial charge is 0.0708 e. The number of fused-ring (bicyclic) bond motifs is 1. The van der Waals surface area contributed by atoms with Crippen LogP contribution in [0.3, 0.4) is 0 Å². The number of rotatable bonds is 1. The van der Waals surface area contributed by atoms with E-state index in [4.69, 9.17) is 4.98 Å². The second-order valence-electron chi connectivity index (χ2n) is 8.31. The number of para-hydroxylation sites is 1. The number of aromatic nitrogens is 1. The van der Waals surface area contributed by atoms with Crippen LogP contribution in [0, 0.1) is 18.8 Å². The van der Waals surface area contributed by atoms with Crippen LogP contribution in [0.5, 0.6) is 0 Å². The first-order valence-corrected chi connectivity index (χ1v) is 8.65. The summed E-state index contributed by atoms with van der Waals surface area (Å²) in [5.74, 6) is 1.42. The van der Waals surface area contributed by atoms with Gasteiger partial charge in [-0.25, -0.2) is 0 Å². The van der Waals surface area contributed by atoms with Gasteiger partial charge < -0.3 is 5.11 Å². The largest absolute Gasteiger partial charge is 0.390 e. The lowest BCUT2D eigenvalue weighted by molar-refractivity contribution is -0.137. The maximum absolute atomic E-state index is 11.0.